The van der Waals surface area contributed by atoms with Crippen molar-refractivity contribution in [2.45, 2.75) is 12.7 Å². The molecule has 0 atom stereocenters. The summed E-state index contributed by atoms with van der Waals surface area (Å²) >= 11 is 0. The lowest BCUT2D eigenvalue weighted by Crippen LogP contribution is -2.34. The van der Waals surface area contributed by atoms with Crippen LogP contribution in [0.5, 0.6) is 0 Å². The van der Waals surface area contributed by atoms with Gasteiger partial charge in [0.05, 0.1) is 0 Å². The first-order chi connectivity index (χ1) is 7.37. The third-order valence-corrected chi connectivity index (χ3v) is 2.38. The molecule has 0 aromatic heterocycles. The predicted octanol–water partition coefficient (Wildman–Crippen LogP) is 1.79. The zero-order valence-corrected chi connectivity index (χ0v) is 8.21. The molecule has 0 radical (unpaired) electrons. The number of rotatable bonds is 1. The van der Waals surface area contributed by atoms with Crippen molar-refractivity contribution in [1.82, 2.24) is 4.90 Å². The molecule has 0 saturated carbocycles. The summed E-state index contributed by atoms with van der Waals surface area (Å²) in [5.41, 5.74) is 6.70. The van der Waals surface area contributed by atoms with Crippen LogP contribution in [-0.2, 0) is 6.54 Å². The van der Waals surface area contributed by atoms with Crippen LogP contribution in [0, 0.1) is 0 Å². The highest BCUT2D eigenvalue weighted by molar-refractivity contribution is 5.99. The second kappa shape index (κ2) is 3.40. The van der Waals surface area contributed by atoms with Gasteiger partial charge in [-0.25, -0.2) is 0 Å². The van der Waals surface area contributed by atoms with Crippen molar-refractivity contribution in [3.8, 4) is 0 Å². The van der Waals surface area contributed by atoms with Crippen molar-refractivity contribution in [1.29, 1.82) is 0 Å². The van der Waals surface area contributed by atoms with E-state index < -0.39 is 18.6 Å². The SMILES string of the molecule is Nc1ccc2c(c1)C(=O)N(CC(F)(F)F)C2. The molecular formula is C10H9F3N2O. The number of carbonyl (C=O) groups is 1. The minimum absolute atomic E-state index is 0.00600. The maximum Gasteiger partial charge on any atom is 0.406 e. The number of benzene rings is 1. The molecule has 6 heteroatoms. The molecule has 0 bridgehead atoms. The zero-order chi connectivity index (χ0) is 11.9. The summed E-state index contributed by atoms with van der Waals surface area (Å²) in [4.78, 5) is 12.4. The first kappa shape index (κ1) is 10.8. The van der Waals surface area contributed by atoms with Gasteiger partial charge in [0.2, 0.25) is 0 Å². The summed E-state index contributed by atoms with van der Waals surface area (Å²) < 4.78 is 36.5. The minimum Gasteiger partial charge on any atom is -0.399 e. The van der Waals surface area contributed by atoms with E-state index in [1.54, 1.807) is 12.1 Å². The second-order valence-corrected chi connectivity index (χ2v) is 3.69. The highest BCUT2D eigenvalue weighted by Crippen LogP contribution is 2.27. The largest absolute Gasteiger partial charge is 0.406 e. The van der Waals surface area contributed by atoms with E-state index in [1.165, 1.54) is 6.07 Å². The van der Waals surface area contributed by atoms with Crippen LogP contribution in [0.25, 0.3) is 0 Å². The Balaban J connectivity index is 2.25. The van der Waals surface area contributed by atoms with E-state index in [1.807, 2.05) is 0 Å². The van der Waals surface area contributed by atoms with Crippen molar-refractivity contribution < 1.29 is 18.0 Å². The van der Waals surface area contributed by atoms with E-state index in [-0.39, 0.29) is 12.1 Å². The van der Waals surface area contributed by atoms with Crippen molar-refractivity contribution in [3.05, 3.63) is 29.3 Å². The zero-order valence-electron chi connectivity index (χ0n) is 8.21. The standard InChI is InChI=1S/C10H9F3N2O/c11-10(12,13)5-15-4-6-1-2-7(14)3-8(6)9(15)16/h1-3H,4-5,14H2. The van der Waals surface area contributed by atoms with Gasteiger partial charge in [-0.2, -0.15) is 13.2 Å². The van der Waals surface area contributed by atoms with Crippen molar-refractivity contribution in [2.75, 3.05) is 12.3 Å². The van der Waals surface area contributed by atoms with Gasteiger partial charge in [0.1, 0.15) is 6.54 Å². The molecule has 0 fully saturated rings. The van der Waals surface area contributed by atoms with Gasteiger partial charge in [-0.1, -0.05) is 6.07 Å². The Hall–Kier alpha value is -1.72. The van der Waals surface area contributed by atoms with Crippen LogP contribution >= 0.6 is 0 Å². The van der Waals surface area contributed by atoms with E-state index in [0.717, 1.165) is 4.90 Å². The third kappa shape index (κ3) is 1.95. The van der Waals surface area contributed by atoms with Gasteiger partial charge in [0, 0.05) is 17.8 Å². The molecule has 1 aromatic carbocycles. The number of carbonyl (C=O) groups excluding carboxylic acids is 1. The Morgan fingerprint density at radius 2 is 2.06 bits per heavy atom. The molecule has 3 nitrogen and oxygen atoms in total. The molecule has 0 spiro atoms. The monoisotopic (exact) mass is 230 g/mol. The van der Waals surface area contributed by atoms with E-state index in [2.05, 4.69) is 0 Å². The van der Waals surface area contributed by atoms with Gasteiger partial charge in [-0.15, -0.1) is 0 Å². The topological polar surface area (TPSA) is 46.3 Å². The highest BCUT2D eigenvalue weighted by atomic mass is 19.4. The molecule has 2 rings (SSSR count). The summed E-state index contributed by atoms with van der Waals surface area (Å²) in [7, 11) is 0. The molecule has 0 unspecified atom stereocenters. The van der Waals surface area contributed by atoms with Crippen molar-refractivity contribution in [2.24, 2.45) is 0 Å². The van der Waals surface area contributed by atoms with Crippen molar-refractivity contribution in [3.63, 3.8) is 0 Å². The number of hydrogen-bond acceptors (Lipinski definition) is 2. The fourth-order valence-electron chi connectivity index (χ4n) is 1.72. The lowest BCUT2D eigenvalue weighted by molar-refractivity contribution is -0.140. The minimum atomic E-state index is -4.37. The van der Waals surface area contributed by atoms with Crippen LogP contribution in [0.15, 0.2) is 18.2 Å². The molecule has 1 amide bonds. The molecule has 1 aliphatic heterocycles. The number of hydrogen-bond donors (Lipinski definition) is 1. The van der Waals surface area contributed by atoms with Gasteiger partial charge < -0.3 is 10.6 Å². The van der Waals surface area contributed by atoms with Gasteiger partial charge in [-0.3, -0.25) is 4.79 Å². The normalized spacial score (nSPS) is 15.4. The molecule has 0 saturated heterocycles. The number of amides is 1. The first-order valence-corrected chi connectivity index (χ1v) is 4.61. The summed E-state index contributed by atoms with van der Waals surface area (Å²) in [6.07, 6.45) is -4.37. The molecule has 1 aliphatic rings. The van der Waals surface area contributed by atoms with Crippen LogP contribution in [0.4, 0.5) is 18.9 Å². The predicted molar refractivity (Wildman–Crippen MR) is 51.6 cm³/mol. The Morgan fingerprint density at radius 1 is 1.38 bits per heavy atom. The molecule has 86 valence electrons. The molecule has 2 N–H and O–H groups in total. The van der Waals surface area contributed by atoms with E-state index in [0.29, 0.717) is 11.3 Å². The van der Waals surface area contributed by atoms with Crippen LogP contribution in [-0.4, -0.2) is 23.5 Å². The number of alkyl halides is 3. The maximum atomic E-state index is 12.2. The van der Waals surface area contributed by atoms with Gasteiger partial charge in [-0.05, 0) is 17.7 Å². The molecule has 16 heavy (non-hydrogen) atoms. The summed E-state index contributed by atoms with van der Waals surface area (Å²) in [6, 6.07) is 4.57. The third-order valence-electron chi connectivity index (χ3n) is 2.38. The summed E-state index contributed by atoms with van der Waals surface area (Å²) in [6.45, 7) is -1.23. The number of nitrogens with zero attached hydrogens (tertiary/aromatic N) is 1. The molecule has 0 aliphatic carbocycles. The van der Waals surface area contributed by atoms with Crippen LogP contribution < -0.4 is 5.73 Å². The van der Waals surface area contributed by atoms with Crippen LogP contribution in [0.3, 0.4) is 0 Å². The molecular weight excluding hydrogens is 221 g/mol. The Kier molecular flexibility index (Phi) is 2.29. The lowest BCUT2D eigenvalue weighted by Gasteiger charge is -2.17. The molecule has 1 heterocycles. The number of fused-ring (bicyclic) bond motifs is 1. The first-order valence-electron chi connectivity index (χ1n) is 4.61. The highest BCUT2D eigenvalue weighted by Gasteiger charge is 2.37. The van der Waals surface area contributed by atoms with Gasteiger partial charge in [0.25, 0.3) is 5.91 Å². The number of nitrogens with two attached hydrogens (primary N) is 1. The number of nitrogen functional groups attached to an aromatic ring is 1. The van der Waals surface area contributed by atoms with E-state index in [4.69, 9.17) is 5.73 Å². The smallest absolute Gasteiger partial charge is 0.399 e. The van der Waals surface area contributed by atoms with E-state index in [9.17, 15) is 18.0 Å². The Labute approximate surface area is 89.6 Å². The second-order valence-electron chi connectivity index (χ2n) is 3.69. The summed E-state index contributed by atoms with van der Waals surface area (Å²) in [5, 5.41) is 0. The van der Waals surface area contributed by atoms with Gasteiger partial charge >= 0.3 is 6.18 Å². The van der Waals surface area contributed by atoms with Gasteiger partial charge in [0.15, 0.2) is 0 Å². The quantitative estimate of drug-likeness (QED) is 0.747. The average Bonchev–Trinajstić information content (AvgIpc) is 2.42. The van der Waals surface area contributed by atoms with Crippen molar-refractivity contribution >= 4 is 11.6 Å². The fraction of sp³-hybridized carbons (Fsp3) is 0.300. The summed E-state index contributed by atoms with van der Waals surface area (Å²) in [5.74, 6) is -0.611. The average molecular weight is 230 g/mol. The van der Waals surface area contributed by atoms with E-state index >= 15 is 0 Å². The fourth-order valence-corrected chi connectivity index (χ4v) is 1.72. The maximum absolute atomic E-state index is 12.2. The Bertz CT molecular complexity index is 442. The molecule has 1 aromatic rings. The van der Waals surface area contributed by atoms with Crippen LogP contribution in [0.1, 0.15) is 15.9 Å². The number of halogens is 3. The number of anilines is 1. The van der Waals surface area contributed by atoms with Crippen LogP contribution in [0.2, 0.25) is 0 Å². The lowest BCUT2D eigenvalue weighted by atomic mass is 10.1. The Morgan fingerprint density at radius 3 is 2.69 bits per heavy atom.